The number of nitrogens with one attached hydrogen (secondary N) is 2. The average molecular weight is 245 g/mol. The topological polar surface area (TPSA) is 78.4 Å². The van der Waals surface area contributed by atoms with Gasteiger partial charge in [0.15, 0.2) is 0 Å². The Balaban J connectivity index is 2.29. The number of carbonyl (C=O) groups excluding carboxylic acids is 1. The van der Waals surface area contributed by atoms with Gasteiger partial charge in [0.2, 0.25) is 0 Å². The zero-order valence-corrected chi connectivity index (χ0v) is 9.33. The fourth-order valence-electron chi connectivity index (χ4n) is 1.38. The van der Waals surface area contributed by atoms with Gasteiger partial charge in [-0.25, -0.2) is 4.79 Å². The number of carboxylic acids is 1. The van der Waals surface area contributed by atoms with Gasteiger partial charge in [-0.05, 0) is 6.42 Å². The molecule has 0 aromatic heterocycles. The maximum atomic E-state index is 11.3. The molecule has 0 saturated heterocycles. The summed E-state index contributed by atoms with van der Waals surface area (Å²) >= 11 is 5.47. The molecule has 16 heavy (non-hydrogen) atoms. The number of halogens is 1. The fraction of sp³-hybridized carbons (Fsp3) is 0.400. The molecule has 2 unspecified atom stereocenters. The number of rotatable bonds is 4. The molecule has 0 aromatic rings. The third kappa shape index (κ3) is 3.94. The highest BCUT2D eigenvalue weighted by molar-refractivity contribution is 6.29. The Morgan fingerprint density at radius 3 is 2.69 bits per heavy atom. The zero-order chi connectivity index (χ0) is 12.1. The SMILES string of the molecule is C=C(Cl)CNC(=O)NC1C=CC(C(=O)O)C1. The summed E-state index contributed by atoms with van der Waals surface area (Å²) in [5, 5.41) is 14.2. The predicted octanol–water partition coefficient (Wildman–Crippen LogP) is 1.07. The molecule has 1 aliphatic carbocycles. The number of carboxylic acid groups (broad SMARTS) is 1. The highest BCUT2D eigenvalue weighted by atomic mass is 35.5. The molecule has 0 aromatic carbocycles. The second-order valence-corrected chi connectivity index (χ2v) is 4.05. The lowest BCUT2D eigenvalue weighted by Crippen LogP contribution is -2.41. The predicted molar refractivity (Wildman–Crippen MR) is 60.2 cm³/mol. The normalized spacial score (nSPS) is 22.8. The van der Waals surface area contributed by atoms with Crippen molar-refractivity contribution in [2.75, 3.05) is 6.54 Å². The van der Waals surface area contributed by atoms with E-state index in [9.17, 15) is 9.59 Å². The molecule has 1 aliphatic rings. The summed E-state index contributed by atoms with van der Waals surface area (Å²) in [7, 11) is 0. The summed E-state index contributed by atoms with van der Waals surface area (Å²) in [6.07, 6.45) is 3.63. The molecule has 5 nitrogen and oxygen atoms in total. The van der Waals surface area contributed by atoms with Crippen molar-refractivity contribution in [3.63, 3.8) is 0 Å². The van der Waals surface area contributed by atoms with Crippen LogP contribution in [0.15, 0.2) is 23.8 Å². The molecule has 2 atom stereocenters. The standard InChI is InChI=1S/C10H13ClN2O3/c1-6(11)5-12-10(16)13-8-3-2-7(4-8)9(14)15/h2-3,7-8H,1,4-5H2,(H,14,15)(H2,12,13,16). The van der Waals surface area contributed by atoms with Crippen LogP contribution in [0.25, 0.3) is 0 Å². The van der Waals surface area contributed by atoms with E-state index in [-0.39, 0.29) is 18.6 Å². The average Bonchev–Trinajstić information content (AvgIpc) is 2.63. The Morgan fingerprint density at radius 1 is 1.50 bits per heavy atom. The molecular weight excluding hydrogens is 232 g/mol. The molecule has 0 bridgehead atoms. The fourth-order valence-corrected chi connectivity index (χ4v) is 1.45. The van der Waals surface area contributed by atoms with Crippen molar-refractivity contribution in [1.29, 1.82) is 0 Å². The van der Waals surface area contributed by atoms with Gasteiger partial charge in [0.05, 0.1) is 18.5 Å². The van der Waals surface area contributed by atoms with Crippen molar-refractivity contribution >= 4 is 23.6 Å². The zero-order valence-electron chi connectivity index (χ0n) is 8.57. The number of hydrogen-bond donors (Lipinski definition) is 3. The van der Waals surface area contributed by atoms with Crippen LogP contribution in [0.2, 0.25) is 0 Å². The summed E-state index contributed by atoms with van der Waals surface area (Å²) in [5.41, 5.74) is 0. The minimum absolute atomic E-state index is 0.187. The summed E-state index contributed by atoms with van der Waals surface area (Å²) in [6.45, 7) is 3.61. The van der Waals surface area contributed by atoms with E-state index in [1.807, 2.05) is 0 Å². The molecule has 0 radical (unpaired) electrons. The second-order valence-electron chi connectivity index (χ2n) is 3.52. The van der Waals surface area contributed by atoms with Crippen LogP contribution in [-0.4, -0.2) is 29.7 Å². The largest absolute Gasteiger partial charge is 0.481 e. The van der Waals surface area contributed by atoms with Crippen LogP contribution in [-0.2, 0) is 4.79 Å². The van der Waals surface area contributed by atoms with E-state index in [0.29, 0.717) is 11.5 Å². The van der Waals surface area contributed by atoms with Crippen molar-refractivity contribution in [1.82, 2.24) is 10.6 Å². The van der Waals surface area contributed by atoms with Crippen LogP contribution in [0.5, 0.6) is 0 Å². The van der Waals surface area contributed by atoms with Gasteiger partial charge in [0.1, 0.15) is 0 Å². The Kier molecular flexibility index (Phi) is 4.37. The molecule has 2 amide bonds. The monoisotopic (exact) mass is 244 g/mol. The van der Waals surface area contributed by atoms with Crippen molar-refractivity contribution in [2.24, 2.45) is 5.92 Å². The quantitative estimate of drug-likeness (QED) is 0.648. The molecule has 0 heterocycles. The van der Waals surface area contributed by atoms with Gasteiger partial charge >= 0.3 is 12.0 Å². The third-order valence-electron chi connectivity index (χ3n) is 2.16. The number of urea groups is 1. The van der Waals surface area contributed by atoms with Crippen LogP contribution in [0.1, 0.15) is 6.42 Å². The number of amides is 2. The maximum Gasteiger partial charge on any atom is 0.315 e. The van der Waals surface area contributed by atoms with Crippen LogP contribution < -0.4 is 10.6 Å². The van der Waals surface area contributed by atoms with Crippen molar-refractivity contribution in [3.8, 4) is 0 Å². The minimum Gasteiger partial charge on any atom is -0.481 e. The van der Waals surface area contributed by atoms with Gasteiger partial charge in [0, 0.05) is 5.03 Å². The summed E-state index contributed by atoms with van der Waals surface area (Å²) in [4.78, 5) is 21.9. The summed E-state index contributed by atoms with van der Waals surface area (Å²) < 4.78 is 0. The van der Waals surface area contributed by atoms with Gasteiger partial charge in [-0.1, -0.05) is 30.3 Å². The summed E-state index contributed by atoms with van der Waals surface area (Å²) in [5.74, 6) is -1.40. The molecule has 0 spiro atoms. The lowest BCUT2D eigenvalue weighted by atomic mass is 10.1. The number of hydrogen-bond acceptors (Lipinski definition) is 2. The first-order valence-electron chi connectivity index (χ1n) is 4.78. The minimum atomic E-state index is -0.880. The van der Waals surface area contributed by atoms with E-state index < -0.39 is 11.9 Å². The van der Waals surface area contributed by atoms with E-state index in [0.717, 1.165) is 0 Å². The van der Waals surface area contributed by atoms with E-state index in [4.69, 9.17) is 16.7 Å². The number of aliphatic carboxylic acids is 1. The van der Waals surface area contributed by atoms with Crippen molar-refractivity contribution in [3.05, 3.63) is 23.8 Å². The van der Waals surface area contributed by atoms with Crippen LogP contribution in [0.4, 0.5) is 4.79 Å². The molecule has 3 N–H and O–H groups in total. The molecule has 88 valence electrons. The molecule has 0 aliphatic heterocycles. The molecule has 0 fully saturated rings. The molecular formula is C10H13ClN2O3. The van der Waals surface area contributed by atoms with Gasteiger partial charge in [-0.15, -0.1) is 0 Å². The first kappa shape index (κ1) is 12.6. The molecule has 0 saturated carbocycles. The Morgan fingerprint density at radius 2 is 2.19 bits per heavy atom. The summed E-state index contributed by atoms with van der Waals surface area (Å²) in [6, 6.07) is -0.632. The maximum absolute atomic E-state index is 11.3. The highest BCUT2D eigenvalue weighted by Gasteiger charge is 2.25. The van der Waals surface area contributed by atoms with Crippen LogP contribution in [0.3, 0.4) is 0 Å². The van der Waals surface area contributed by atoms with E-state index in [2.05, 4.69) is 17.2 Å². The smallest absolute Gasteiger partial charge is 0.315 e. The third-order valence-corrected chi connectivity index (χ3v) is 2.29. The first-order valence-corrected chi connectivity index (χ1v) is 5.15. The van der Waals surface area contributed by atoms with E-state index in [1.165, 1.54) is 0 Å². The van der Waals surface area contributed by atoms with Gasteiger partial charge < -0.3 is 15.7 Å². The van der Waals surface area contributed by atoms with Crippen LogP contribution in [0, 0.1) is 5.92 Å². The van der Waals surface area contributed by atoms with Crippen molar-refractivity contribution < 1.29 is 14.7 Å². The van der Waals surface area contributed by atoms with Crippen molar-refractivity contribution in [2.45, 2.75) is 12.5 Å². The highest BCUT2D eigenvalue weighted by Crippen LogP contribution is 2.17. The van der Waals surface area contributed by atoms with Gasteiger partial charge in [-0.3, -0.25) is 4.79 Å². The van der Waals surface area contributed by atoms with E-state index >= 15 is 0 Å². The Hall–Kier alpha value is -1.49. The first-order chi connectivity index (χ1) is 7.49. The lowest BCUT2D eigenvalue weighted by Gasteiger charge is -2.12. The van der Waals surface area contributed by atoms with Gasteiger partial charge in [0.25, 0.3) is 0 Å². The Labute approximate surface area is 98.2 Å². The van der Waals surface area contributed by atoms with Crippen LogP contribution >= 0.6 is 11.6 Å². The molecule has 1 rings (SSSR count). The Bertz CT molecular complexity index is 341. The second kappa shape index (κ2) is 5.55. The number of carbonyl (C=O) groups is 2. The lowest BCUT2D eigenvalue weighted by molar-refractivity contribution is -0.140. The van der Waals surface area contributed by atoms with E-state index in [1.54, 1.807) is 12.2 Å². The molecule has 6 heteroatoms. The van der Waals surface area contributed by atoms with Gasteiger partial charge in [-0.2, -0.15) is 0 Å².